The lowest BCUT2D eigenvalue weighted by molar-refractivity contribution is 0.662. The predicted octanol–water partition coefficient (Wildman–Crippen LogP) is 12.5. The highest BCUT2D eigenvalue weighted by molar-refractivity contribution is 6.06. The first-order valence-corrected chi connectivity index (χ1v) is 17.2. The molecular formula is C47H32N2O. The molecule has 0 saturated carbocycles. The molecule has 1 aliphatic carbocycles. The molecule has 3 nitrogen and oxygen atoms in total. The second kappa shape index (κ2) is 10.8. The molecule has 3 heteroatoms. The largest absolute Gasteiger partial charge is 0.456 e. The molecule has 7 aromatic carbocycles. The van der Waals surface area contributed by atoms with Crippen molar-refractivity contribution in [3.8, 4) is 56.0 Å². The van der Waals surface area contributed by atoms with Crippen LogP contribution in [0.15, 0.2) is 162 Å². The highest BCUT2D eigenvalue weighted by atomic mass is 16.3. The molecule has 0 radical (unpaired) electrons. The van der Waals surface area contributed by atoms with Crippen molar-refractivity contribution >= 4 is 32.8 Å². The fraction of sp³-hybridized carbons (Fsp3) is 0.0638. The summed E-state index contributed by atoms with van der Waals surface area (Å²) in [7, 11) is 0. The Morgan fingerprint density at radius 1 is 0.440 bits per heavy atom. The van der Waals surface area contributed by atoms with Crippen molar-refractivity contribution in [1.29, 1.82) is 0 Å². The maximum absolute atomic E-state index is 6.06. The summed E-state index contributed by atoms with van der Waals surface area (Å²) in [5.74, 6) is 0.720. The van der Waals surface area contributed by atoms with Gasteiger partial charge in [0.05, 0.1) is 11.2 Å². The summed E-state index contributed by atoms with van der Waals surface area (Å²) in [6.45, 7) is 4.68. The van der Waals surface area contributed by atoms with Gasteiger partial charge in [0.1, 0.15) is 11.2 Å². The summed E-state index contributed by atoms with van der Waals surface area (Å²) in [4.78, 5) is 10.2. The van der Waals surface area contributed by atoms with Crippen molar-refractivity contribution in [1.82, 2.24) is 9.97 Å². The Morgan fingerprint density at radius 3 is 1.92 bits per heavy atom. The third-order valence-corrected chi connectivity index (χ3v) is 10.5. The van der Waals surface area contributed by atoms with Crippen LogP contribution in [0, 0.1) is 0 Å². The highest BCUT2D eigenvalue weighted by Crippen LogP contribution is 2.52. The van der Waals surface area contributed by atoms with Crippen LogP contribution >= 0.6 is 0 Å². The number of benzene rings is 7. The quantitative estimate of drug-likeness (QED) is 0.192. The van der Waals surface area contributed by atoms with E-state index in [4.69, 9.17) is 14.4 Å². The van der Waals surface area contributed by atoms with Gasteiger partial charge in [0.2, 0.25) is 0 Å². The molecule has 2 aromatic heterocycles. The van der Waals surface area contributed by atoms with E-state index in [1.54, 1.807) is 0 Å². The summed E-state index contributed by atoms with van der Waals surface area (Å²) < 4.78 is 6.06. The lowest BCUT2D eigenvalue weighted by atomic mass is 9.79. The van der Waals surface area contributed by atoms with E-state index >= 15 is 0 Å². The van der Waals surface area contributed by atoms with Gasteiger partial charge in [-0.2, -0.15) is 0 Å². The smallest absolute Gasteiger partial charge is 0.160 e. The Kier molecular flexibility index (Phi) is 6.22. The molecule has 9 aromatic rings. The van der Waals surface area contributed by atoms with Gasteiger partial charge in [-0.15, -0.1) is 0 Å². The van der Waals surface area contributed by atoms with Crippen LogP contribution in [-0.4, -0.2) is 9.97 Å². The van der Waals surface area contributed by atoms with Gasteiger partial charge in [0.25, 0.3) is 0 Å². The molecule has 0 N–H and O–H groups in total. The van der Waals surface area contributed by atoms with E-state index in [2.05, 4.69) is 153 Å². The Bertz CT molecular complexity index is 2770. The number of fused-ring (bicyclic) bond motifs is 7. The minimum Gasteiger partial charge on any atom is -0.456 e. The van der Waals surface area contributed by atoms with Gasteiger partial charge < -0.3 is 4.42 Å². The van der Waals surface area contributed by atoms with Gasteiger partial charge in [-0.1, -0.05) is 147 Å². The van der Waals surface area contributed by atoms with Gasteiger partial charge >= 0.3 is 0 Å². The van der Waals surface area contributed by atoms with Gasteiger partial charge in [-0.25, -0.2) is 9.97 Å². The molecule has 0 unspecified atom stereocenters. The molecule has 0 bridgehead atoms. The molecule has 1 aliphatic rings. The lowest BCUT2D eigenvalue weighted by Gasteiger charge is -2.24. The maximum Gasteiger partial charge on any atom is 0.160 e. The third-order valence-electron chi connectivity index (χ3n) is 10.5. The molecule has 0 saturated heterocycles. The first-order chi connectivity index (χ1) is 24.5. The fourth-order valence-electron chi connectivity index (χ4n) is 8.04. The van der Waals surface area contributed by atoms with E-state index < -0.39 is 0 Å². The van der Waals surface area contributed by atoms with Crippen molar-refractivity contribution in [3.05, 3.63) is 169 Å². The molecule has 0 spiro atoms. The zero-order valence-corrected chi connectivity index (χ0v) is 27.8. The molecular weight excluding hydrogens is 609 g/mol. The van der Waals surface area contributed by atoms with Gasteiger partial charge in [0, 0.05) is 32.7 Å². The first kappa shape index (κ1) is 28.7. The number of aromatic nitrogens is 2. The molecule has 50 heavy (non-hydrogen) atoms. The topological polar surface area (TPSA) is 38.9 Å². The lowest BCUT2D eigenvalue weighted by Crippen LogP contribution is -2.16. The van der Waals surface area contributed by atoms with Crippen molar-refractivity contribution in [2.75, 3.05) is 0 Å². The van der Waals surface area contributed by atoms with Crippen molar-refractivity contribution in [2.45, 2.75) is 19.3 Å². The number of hydrogen-bond acceptors (Lipinski definition) is 3. The molecule has 2 heterocycles. The van der Waals surface area contributed by atoms with Crippen LogP contribution in [0.5, 0.6) is 0 Å². The van der Waals surface area contributed by atoms with E-state index in [1.165, 1.54) is 33.4 Å². The molecule has 10 rings (SSSR count). The Morgan fingerprint density at radius 2 is 1.06 bits per heavy atom. The second-order valence-electron chi connectivity index (χ2n) is 13.8. The Hall–Kier alpha value is -6.32. The predicted molar refractivity (Wildman–Crippen MR) is 206 cm³/mol. The van der Waals surface area contributed by atoms with Crippen LogP contribution < -0.4 is 0 Å². The Labute approximate surface area is 290 Å². The summed E-state index contributed by atoms with van der Waals surface area (Å²) in [6.07, 6.45) is 0. The summed E-state index contributed by atoms with van der Waals surface area (Å²) in [5.41, 5.74) is 15.9. The van der Waals surface area contributed by atoms with E-state index in [1.807, 2.05) is 18.2 Å². The summed E-state index contributed by atoms with van der Waals surface area (Å²) >= 11 is 0. The molecule has 236 valence electrons. The van der Waals surface area contributed by atoms with Crippen molar-refractivity contribution in [3.63, 3.8) is 0 Å². The van der Waals surface area contributed by atoms with Crippen LogP contribution in [0.2, 0.25) is 0 Å². The van der Waals surface area contributed by atoms with Crippen LogP contribution in [-0.2, 0) is 5.41 Å². The number of para-hydroxylation sites is 2. The minimum atomic E-state index is -0.0759. The normalized spacial score (nSPS) is 13.2. The van der Waals surface area contributed by atoms with E-state index in [0.29, 0.717) is 0 Å². The summed E-state index contributed by atoms with van der Waals surface area (Å²) in [6, 6.07) is 55.9. The number of hydrogen-bond donors (Lipinski definition) is 0. The van der Waals surface area contributed by atoms with Gasteiger partial charge in [-0.05, 0) is 68.8 Å². The van der Waals surface area contributed by atoms with Crippen LogP contribution in [0.4, 0.5) is 0 Å². The average Bonchev–Trinajstić information content (AvgIpc) is 3.66. The fourth-order valence-corrected chi connectivity index (χ4v) is 8.04. The molecule has 0 aliphatic heterocycles. The number of rotatable bonds is 4. The molecule has 0 fully saturated rings. The van der Waals surface area contributed by atoms with Crippen LogP contribution in [0.1, 0.15) is 25.0 Å². The van der Waals surface area contributed by atoms with Crippen LogP contribution in [0.25, 0.3) is 88.9 Å². The van der Waals surface area contributed by atoms with Gasteiger partial charge in [-0.3, -0.25) is 0 Å². The second-order valence-corrected chi connectivity index (χ2v) is 13.8. The average molecular weight is 641 g/mol. The first-order valence-electron chi connectivity index (χ1n) is 17.2. The van der Waals surface area contributed by atoms with Crippen molar-refractivity contribution in [2.24, 2.45) is 0 Å². The molecule has 0 atom stereocenters. The maximum atomic E-state index is 6.06. The minimum absolute atomic E-state index is 0.0759. The third kappa shape index (κ3) is 4.37. The number of nitrogens with zero attached hydrogens (tertiary/aromatic N) is 2. The van der Waals surface area contributed by atoms with Gasteiger partial charge in [0.15, 0.2) is 5.82 Å². The highest BCUT2D eigenvalue weighted by Gasteiger charge is 2.37. The zero-order chi connectivity index (χ0) is 33.4. The SMILES string of the molecule is CC1(C)c2ccccc2-c2cccc(-c3ccc(-c4nc(-c5ccc(-c6ccc7oc8ccccc8c7c6)cc5)c5ccccc5n4)cc3)c21. The molecule has 0 amide bonds. The van der Waals surface area contributed by atoms with Crippen molar-refractivity contribution < 1.29 is 4.42 Å². The summed E-state index contributed by atoms with van der Waals surface area (Å²) in [5, 5.41) is 3.30. The van der Waals surface area contributed by atoms with Crippen LogP contribution in [0.3, 0.4) is 0 Å². The zero-order valence-electron chi connectivity index (χ0n) is 27.8. The van der Waals surface area contributed by atoms with E-state index in [9.17, 15) is 0 Å². The standard InChI is InChI=1S/C47H32N2O/c1-47(2)40-15-6-3-10-35(40)37-14-9-13-34(44(37)47)30-20-24-32(25-21-30)46-48-41-16-7-4-12-38(41)45(49-46)31-22-18-29(19-23-31)33-26-27-43-39(28-33)36-11-5-8-17-42(36)50-43/h3-28H,1-2H3. The number of furan rings is 1. The monoisotopic (exact) mass is 640 g/mol. The van der Waals surface area contributed by atoms with E-state index in [-0.39, 0.29) is 5.41 Å². The van der Waals surface area contributed by atoms with E-state index in [0.717, 1.165) is 66.6 Å². The Balaban J connectivity index is 1.02.